The number of carbonyl (C=O) groups is 1. The molecule has 0 saturated heterocycles. The molecule has 1 N–H and O–H groups in total. The highest BCUT2D eigenvalue weighted by Crippen LogP contribution is 2.24. The van der Waals surface area contributed by atoms with Gasteiger partial charge in [-0.25, -0.2) is 0 Å². The topological polar surface area (TPSA) is 81.5 Å². The van der Waals surface area contributed by atoms with Crippen LogP contribution in [0.1, 0.15) is 18.1 Å². The molecule has 0 spiro atoms. The van der Waals surface area contributed by atoms with Crippen LogP contribution in [0.15, 0.2) is 42.5 Å². The van der Waals surface area contributed by atoms with E-state index >= 15 is 0 Å². The van der Waals surface area contributed by atoms with Gasteiger partial charge in [-0.1, -0.05) is 29.8 Å². The number of benzene rings is 2. The van der Waals surface area contributed by atoms with Gasteiger partial charge in [-0.05, 0) is 38.5 Å². The highest BCUT2D eigenvalue weighted by atomic mass is 16.6. The van der Waals surface area contributed by atoms with Gasteiger partial charge in [0.1, 0.15) is 11.4 Å². The normalized spacial score (nSPS) is 11.6. The summed E-state index contributed by atoms with van der Waals surface area (Å²) in [6.07, 6.45) is -0.781. The maximum atomic E-state index is 12.2. The van der Waals surface area contributed by atoms with E-state index in [1.165, 1.54) is 12.1 Å². The fourth-order valence-electron chi connectivity index (χ4n) is 2.15. The molecule has 120 valence electrons. The van der Waals surface area contributed by atoms with Crippen molar-refractivity contribution in [2.24, 2.45) is 0 Å². The molecule has 2 aromatic carbocycles. The zero-order valence-electron chi connectivity index (χ0n) is 13.2. The number of anilines is 1. The molecule has 1 amide bonds. The zero-order valence-corrected chi connectivity index (χ0v) is 13.2. The number of nitro benzene ring substituents is 1. The maximum absolute atomic E-state index is 12.2. The molecule has 0 heterocycles. The van der Waals surface area contributed by atoms with Crippen LogP contribution in [0.25, 0.3) is 0 Å². The molecule has 0 radical (unpaired) electrons. The van der Waals surface area contributed by atoms with Crippen molar-refractivity contribution in [2.75, 3.05) is 5.32 Å². The summed E-state index contributed by atoms with van der Waals surface area (Å²) in [6.45, 7) is 5.47. The van der Waals surface area contributed by atoms with Crippen LogP contribution in [0, 0.1) is 24.0 Å². The summed E-state index contributed by atoms with van der Waals surface area (Å²) < 4.78 is 5.65. The van der Waals surface area contributed by atoms with Gasteiger partial charge in [-0.2, -0.15) is 0 Å². The fourth-order valence-corrected chi connectivity index (χ4v) is 2.15. The van der Waals surface area contributed by atoms with Crippen molar-refractivity contribution in [2.45, 2.75) is 26.9 Å². The number of nitrogens with zero attached hydrogens (tertiary/aromatic N) is 1. The molecule has 23 heavy (non-hydrogen) atoms. The van der Waals surface area contributed by atoms with E-state index in [0.717, 1.165) is 11.1 Å². The highest BCUT2D eigenvalue weighted by molar-refractivity contribution is 5.96. The van der Waals surface area contributed by atoms with Crippen LogP contribution in [0.2, 0.25) is 0 Å². The number of carbonyl (C=O) groups excluding carboxylic acids is 1. The SMILES string of the molecule is Cc1ccc(OC(C)C(=O)Nc2ccccc2[N+](=O)[O-])c(C)c1. The number of ether oxygens (including phenoxy) is 1. The van der Waals surface area contributed by atoms with Crippen molar-refractivity contribution >= 4 is 17.3 Å². The van der Waals surface area contributed by atoms with Crippen LogP contribution in [0.5, 0.6) is 5.75 Å². The third-order valence-corrected chi connectivity index (χ3v) is 3.36. The Balaban J connectivity index is 2.10. The number of para-hydroxylation sites is 2. The Morgan fingerprint density at radius 1 is 1.22 bits per heavy atom. The number of hydrogen-bond donors (Lipinski definition) is 1. The summed E-state index contributed by atoms with van der Waals surface area (Å²) in [6, 6.07) is 11.7. The van der Waals surface area contributed by atoms with E-state index in [1.54, 1.807) is 25.1 Å². The van der Waals surface area contributed by atoms with Crippen molar-refractivity contribution in [3.05, 3.63) is 63.7 Å². The second kappa shape index (κ2) is 6.91. The first-order chi connectivity index (χ1) is 10.9. The average Bonchev–Trinajstić information content (AvgIpc) is 2.50. The van der Waals surface area contributed by atoms with Crippen molar-refractivity contribution in [1.29, 1.82) is 0 Å². The number of amides is 1. The fraction of sp³-hybridized carbons (Fsp3) is 0.235. The van der Waals surface area contributed by atoms with Gasteiger partial charge in [0.2, 0.25) is 0 Å². The third kappa shape index (κ3) is 4.06. The molecule has 0 aliphatic rings. The summed E-state index contributed by atoms with van der Waals surface area (Å²) in [5.74, 6) is 0.167. The Morgan fingerprint density at radius 2 is 1.91 bits per heavy atom. The van der Waals surface area contributed by atoms with Gasteiger partial charge in [0.25, 0.3) is 11.6 Å². The lowest BCUT2D eigenvalue weighted by molar-refractivity contribution is -0.383. The Morgan fingerprint density at radius 3 is 2.57 bits per heavy atom. The van der Waals surface area contributed by atoms with Crippen LogP contribution >= 0.6 is 0 Å². The number of aryl methyl sites for hydroxylation is 2. The number of nitrogens with one attached hydrogen (secondary N) is 1. The van der Waals surface area contributed by atoms with E-state index in [9.17, 15) is 14.9 Å². The van der Waals surface area contributed by atoms with Gasteiger partial charge in [0, 0.05) is 6.07 Å². The van der Waals surface area contributed by atoms with Gasteiger partial charge < -0.3 is 10.1 Å². The number of rotatable bonds is 5. The third-order valence-electron chi connectivity index (χ3n) is 3.36. The largest absolute Gasteiger partial charge is 0.481 e. The molecule has 0 bridgehead atoms. The molecule has 0 aromatic heterocycles. The first kappa shape index (κ1) is 16.5. The molecule has 1 unspecified atom stereocenters. The van der Waals surface area contributed by atoms with Crippen LogP contribution in [-0.4, -0.2) is 16.9 Å². The molecule has 0 aliphatic carbocycles. The zero-order chi connectivity index (χ0) is 17.0. The van der Waals surface area contributed by atoms with Crippen molar-refractivity contribution in [3.63, 3.8) is 0 Å². The Labute approximate surface area is 134 Å². The molecule has 0 aliphatic heterocycles. The highest BCUT2D eigenvalue weighted by Gasteiger charge is 2.20. The van der Waals surface area contributed by atoms with Crippen LogP contribution in [0.3, 0.4) is 0 Å². The second-order valence-corrected chi connectivity index (χ2v) is 5.29. The van der Waals surface area contributed by atoms with E-state index in [1.807, 2.05) is 26.0 Å². The molecule has 2 rings (SSSR count). The minimum absolute atomic E-state index is 0.151. The summed E-state index contributed by atoms with van der Waals surface area (Å²) in [5, 5.41) is 13.5. The summed E-state index contributed by atoms with van der Waals surface area (Å²) in [5.41, 5.74) is 2.03. The summed E-state index contributed by atoms with van der Waals surface area (Å²) in [7, 11) is 0. The van der Waals surface area contributed by atoms with Crippen molar-refractivity contribution in [1.82, 2.24) is 0 Å². The van der Waals surface area contributed by atoms with Gasteiger partial charge in [0.05, 0.1) is 4.92 Å². The number of hydrogen-bond acceptors (Lipinski definition) is 4. The standard InChI is InChI=1S/C17H18N2O4/c1-11-8-9-16(12(2)10-11)23-13(3)17(20)18-14-6-4-5-7-15(14)19(21)22/h4-10,13H,1-3H3,(H,18,20). The predicted molar refractivity (Wildman–Crippen MR) is 87.7 cm³/mol. The molecular weight excluding hydrogens is 296 g/mol. The van der Waals surface area contributed by atoms with Gasteiger partial charge >= 0.3 is 0 Å². The van der Waals surface area contributed by atoms with E-state index in [2.05, 4.69) is 5.32 Å². The monoisotopic (exact) mass is 314 g/mol. The van der Waals surface area contributed by atoms with Crippen LogP contribution < -0.4 is 10.1 Å². The van der Waals surface area contributed by atoms with Crippen LogP contribution in [0.4, 0.5) is 11.4 Å². The first-order valence-corrected chi connectivity index (χ1v) is 7.16. The molecule has 0 fully saturated rings. The van der Waals surface area contributed by atoms with Gasteiger partial charge in [0.15, 0.2) is 6.10 Å². The molecule has 6 nitrogen and oxygen atoms in total. The lowest BCUT2D eigenvalue weighted by atomic mass is 10.1. The average molecular weight is 314 g/mol. The van der Waals surface area contributed by atoms with Crippen molar-refractivity contribution < 1.29 is 14.5 Å². The lowest BCUT2D eigenvalue weighted by Gasteiger charge is -2.16. The molecule has 0 saturated carbocycles. The Kier molecular flexibility index (Phi) is 4.95. The lowest BCUT2D eigenvalue weighted by Crippen LogP contribution is -2.30. The van der Waals surface area contributed by atoms with E-state index in [0.29, 0.717) is 5.75 Å². The van der Waals surface area contributed by atoms with Crippen LogP contribution in [-0.2, 0) is 4.79 Å². The molecular formula is C17H18N2O4. The Hall–Kier alpha value is -2.89. The first-order valence-electron chi connectivity index (χ1n) is 7.16. The van der Waals surface area contributed by atoms with E-state index < -0.39 is 16.9 Å². The molecule has 2 aromatic rings. The summed E-state index contributed by atoms with van der Waals surface area (Å²) in [4.78, 5) is 22.6. The Bertz CT molecular complexity index is 743. The quantitative estimate of drug-likeness (QED) is 0.675. The predicted octanol–water partition coefficient (Wildman–Crippen LogP) is 3.62. The minimum atomic E-state index is -0.781. The maximum Gasteiger partial charge on any atom is 0.292 e. The van der Waals surface area contributed by atoms with Gasteiger partial charge in [-0.3, -0.25) is 14.9 Å². The molecule has 6 heteroatoms. The van der Waals surface area contributed by atoms with E-state index in [-0.39, 0.29) is 11.4 Å². The second-order valence-electron chi connectivity index (χ2n) is 5.29. The number of nitro groups is 1. The van der Waals surface area contributed by atoms with Gasteiger partial charge in [-0.15, -0.1) is 0 Å². The van der Waals surface area contributed by atoms with Crippen molar-refractivity contribution in [3.8, 4) is 5.75 Å². The van der Waals surface area contributed by atoms with E-state index in [4.69, 9.17) is 4.74 Å². The smallest absolute Gasteiger partial charge is 0.292 e. The molecule has 1 atom stereocenters. The summed E-state index contributed by atoms with van der Waals surface area (Å²) >= 11 is 0. The minimum Gasteiger partial charge on any atom is -0.481 e.